The number of sulfonamides is 1. The van der Waals surface area contributed by atoms with E-state index in [1.54, 1.807) is 11.8 Å². The molecule has 0 aliphatic carbocycles. The summed E-state index contributed by atoms with van der Waals surface area (Å²) in [6.07, 6.45) is 4.83. The Morgan fingerprint density at radius 1 is 1.33 bits per heavy atom. The van der Waals surface area contributed by atoms with E-state index in [0.717, 1.165) is 31.1 Å². The first-order valence-corrected chi connectivity index (χ1v) is 10.1. The molecule has 1 rings (SSSR count). The highest BCUT2D eigenvalue weighted by molar-refractivity contribution is 9.10. The second-order valence-electron chi connectivity index (χ2n) is 4.40. The van der Waals surface area contributed by atoms with Crippen LogP contribution in [0.4, 0.5) is 0 Å². The van der Waals surface area contributed by atoms with Crippen molar-refractivity contribution in [2.75, 3.05) is 18.6 Å². The number of thioether (sulfide) groups is 1. The van der Waals surface area contributed by atoms with Gasteiger partial charge in [-0.25, -0.2) is 17.9 Å². The van der Waals surface area contributed by atoms with E-state index in [1.165, 1.54) is 12.1 Å². The number of benzene rings is 1. The molecule has 0 aromatic heterocycles. The van der Waals surface area contributed by atoms with Crippen LogP contribution in [0, 0.1) is 0 Å². The zero-order valence-corrected chi connectivity index (χ0v) is 14.9. The third-order valence-electron chi connectivity index (χ3n) is 2.80. The Hall–Kier alpha value is -0.570. The van der Waals surface area contributed by atoms with Gasteiger partial charge in [0.05, 0.1) is 10.5 Å². The average Bonchev–Trinajstić information content (AvgIpc) is 2.42. The maximum atomic E-state index is 12.1. The smallest absolute Gasteiger partial charge is 0.336 e. The molecule has 1 aromatic carbocycles. The standard InChI is InChI=1S/C13H18BrNO4S2/c1-20-8-4-2-3-7-15-21(18,19)10-5-6-12(14)11(9-10)13(16)17/h5-6,9,15H,2-4,7-8H2,1H3,(H,16,17). The monoisotopic (exact) mass is 395 g/mol. The summed E-state index contributed by atoms with van der Waals surface area (Å²) in [7, 11) is -3.67. The average molecular weight is 396 g/mol. The SMILES string of the molecule is CSCCCCCNS(=O)(=O)c1ccc(Br)c(C(=O)O)c1. The van der Waals surface area contributed by atoms with Gasteiger partial charge in [0.2, 0.25) is 10.0 Å². The fourth-order valence-corrected chi connectivity index (χ4v) is 3.68. The molecular weight excluding hydrogens is 378 g/mol. The van der Waals surface area contributed by atoms with Gasteiger partial charge >= 0.3 is 5.97 Å². The van der Waals surface area contributed by atoms with Gasteiger partial charge in [0, 0.05) is 11.0 Å². The first kappa shape index (κ1) is 18.5. The summed E-state index contributed by atoms with van der Waals surface area (Å²) in [6, 6.07) is 3.96. The van der Waals surface area contributed by atoms with Gasteiger partial charge in [0.25, 0.3) is 0 Å². The largest absolute Gasteiger partial charge is 0.478 e. The first-order chi connectivity index (χ1) is 9.88. The summed E-state index contributed by atoms with van der Waals surface area (Å²) in [5.74, 6) is -0.0995. The molecule has 0 aliphatic rings. The maximum absolute atomic E-state index is 12.1. The number of hydrogen-bond acceptors (Lipinski definition) is 4. The normalized spacial score (nSPS) is 11.5. The molecule has 0 spiro atoms. The van der Waals surface area contributed by atoms with Gasteiger partial charge in [-0.2, -0.15) is 11.8 Å². The lowest BCUT2D eigenvalue weighted by atomic mass is 10.2. The number of nitrogens with one attached hydrogen (secondary N) is 1. The molecule has 0 amide bonds. The predicted octanol–water partition coefficient (Wildman–Crippen LogP) is 2.96. The van der Waals surface area contributed by atoms with Crippen LogP contribution in [0.15, 0.2) is 27.6 Å². The van der Waals surface area contributed by atoms with Crippen LogP contribution in [0.3, 0.4) is 0 Å². The number of hydrogen-bond donors (Lipinski definition) is 2. The lowest BCUT2D eigenvalue weighted by Gasteiger charge is -2.08. The number of carbonyl (C=O) groups is 1. The van der Waals surface area contributed by atoms with Crippen molar-refractivity contribution < 1.29 is 18.3 Å². The molecule has 8 heteroatoms. The van der Waals surface area contributed by atoms with Crippen LogP contribution in [0.2, 0.25) is 0 Å². The van der Waals surface area contributed by atoms with Crippen molar-refractivity contribution in [2.45, 2.75) is 24.2 Å². The third-order valence-corrected chi connectivity index (χ3v) is 5.64. The Balaban J connectivity index is 2.66. The number of aromatic carboxylic acids is 1. The van der Waals surface area contributed by atoms with Crippen LogP contribution in [-0.4, -0.2) is 38.0 Å². The van der Waals surface area contributed by atoms with E-state index in [2.05, 4.69) is 20.7 Å². The van der Waals surface area contributed by atoms with Gasteiger partial charge in [-0.15, -0.1) is 0 Å². The van der Waals surface area contributed by atoms with E-state index in [4.69, 9.17) is 5.11 Å². The van der Waals surface area contributed by atoms with Crippen molar-refractivity contribution >= 4 is 43.7 Å². The number of unbranched alkanes of at least 4 members (excludes halogenated alkanes) is 2. The fourth-order valence-electron chi connectivity index (χ4n) is 1.67. The van der Waals surface area contributed by atoms with E-state index < -0.39 is 16.0 Å². The summed E-state index contributed by atoms with van der Waals surface area (Å²) in [5.41, 5.74) is -0.0714. The molecule has 0 fully saturated rings. The molecule has 0 saturated carbocycles. The zero-order chi connectivity index (χ0) is 15.9. The van der Waals surface area contributed by atoms with Crippen LogP contribution in [0.5, 0.6) is 0 Å². The van der Waals surface area contributed by atoms with Gasteiger partial charge in [0.15, 0.2) is 0 Å². The number of rotatable bonds is 9. The fraction of sp³-hybridized carbons (Fsp3) is 0.462. The van der Waals surface area contributed by atoms with Crippen LogP contribution >= 0.6 is 27.7 Å². The Kier molecular flexibility index (Phi) is 7.72. The molecule has 0 radical (unpaired) electrons. The van der Waals surface area contributed by atoms with Crippen molar-refractivity contribution in [1.82, 2.24) is 4.72 Å². The minimum Gasteiger partial charge on any atom is -0.478 e. The molecule has 21 heavy (non-hydrogen) atoms. The Labute approximate surface area is 137 Å². The maximum Gasteiger partial charge on any atom is 0.336 e. The molecule has 0 unspecified atom stereocenters. The van der Waals surface area contributed by atoms with Crippen LogP contribution < -0.4 is 4.72 Å². The Bertz CT molecular complexity index is 590. The molecular formula is C13H18BrNO4S2. The molecule has 0 saturated heterocycles. The Morgan fingerprint density at radius 3 is 2.67 bits per heavy atom. The van der Waals surface area contributed by atoms with Gasteiger partial charge in [-0.1, -0.05) is 6.42 Å². The van der Waals surface area contributed by atoms with E-state index in [-0.39, 0.29) is 10.5 Å². The van der Waals surface area contributed by atoms with Crippen molar-refractivity contribution in [3.05, 3.63) is 28.2 Å². The van der Waals surface area contributed by atoms with E-state index in [9.17, 15) is 13.2 Å². The van der Waals surface area contributed by atoms with Crippen molar-refractivity contribution in [1.29, 1.82) is 0 Å². The topological polar surface area (TPSA) is 83.5 Å². The second-order valence-corrected chi connectivity index (χ2v) is 8.00. The van der Waals surface area contributed by atoms with Gasteiger partial charge < -0.3 is 5.11 Å². The van der Waals surface area contributed by atoms with Crippen molar-refractivity contribution in [3.8, 4) is 0 Å². The molecule has 0 aliphatic heterocycles. The molecule has 5 nitrogen and oxygen atoms in total. The Morgan fingerprint density at radius 2 is 2.05 bits per heavy atom. The van der Waals surface area contributed by atoms with E-state index >= 15 is 0 Å². The summed E-state index contributed by atoms with van der Waals surface area (Å²) in [5, 5.41) is 9.01. The number of halogens is 1. The van der Waals surface area contributed by atoms with Crippen LogP contribution in [-0.2, 0) is 10.0 Å². The van der Waals surface area contributed by atoms with Crippen LogP contribution in [0.25, 0.3) is 0 Å². The second kappa shape index (κ2) is 8.77. The third kappa shape index (κ3) is 5.98. The number of carboxylic acids is 1. The lowest BCUT2D eigenvalue weighted by molar-refractivity contribution is 0.0695. The van der Waals surface area contributed by atoms with Gasteiger partial charge in [-0.3, -0.25) is 0 Å². The summed E-state index contributed by atoms with van der Waals surface area (Å²) >= 11 is 4.86. The van der Waals surface area contributed by atoms with Gasteiger partial charge in [-0.05, 0) is 59.0 Å². The highest BCUT2D eigenvalue weighted by Crippen LogP contribution is 2.21. The number of carboxylic acid groups (broad SMARTS) is 1. The molecule has 118 valence electrons. The minimum atomic E-state index is -3.67. The molecule has 0 heterocycles. The molecule has 2 N–H and O–H groups in total. The highest BCUT2D eigenvalue weighted by atomic mass is 79.9. The van der Waals surface area contributed by atoms with E-state index in [0.29, 0.717) is 11.0 Å². The zero-order valence-electron chi connectivity index (χ0n) is 11.6. The molecule has 1 aromatic rings. The molecule has 0 bridgehead atoms. The predicted molar refractivity (Wildman–Crippen MR) is 88.5 cm³/mol. The van der Waals surface area contributed by atoms with Crippen LogP contribution in [0.1, 0.15) is 29.6 Å². The first-order valence-electron chi connectivity index (χ1n) is 6.40. The summed E-state index contributed by atoms with van der Waals surface area (Å²) in [4.78, 5) is 11.0. The minimum absolute atomic E-state index is 0.0350. The van der Waals surface area contributed by atoms with Crippen molar-refractivity contribution in [2.24, 2.45) is 0 Å². The van der Waals surface area contributed by atoms with Gasteiger partial charge in [0.1, 0.15) is 0 Å². The van der Waals surface area contributed by atoms with Crippen molar-refractivity contribution in [3.63, 3.8) is 0 Å². The quantitative estimate of drug-likeness (QED) is 0.627. The summed E-state index contributed by atoms with van der Waals surface area (Å²) in [6.45, 7) is 0.356. The summed E-state index contributed by atoms with van der Waals surface area (Å²) < 4.78 is 27.0. The molecule has 0 atom stereocenters. The lowest BCUT2D eigenvalue weighted by Crippen LogP contribution is -2.25. The highest BCUT2D eigenvalue weighted by Gasteiger charge is 2.17. The van der Waals surface area contributed by atoms with E-state index in [1.807, 2.05) is 6.26 Å².